The first kappa shape index (κ1) is 14.7. The lowest BCUT2D eigenvalue weighted by molar-refractivity contribution is -0.147. The number of likely N-dealkylation sites (N-methyl/N-ethyl adjacent to an activating group) is 1. The summed E-state index contributed by atoms with van der Waals surface area (Å²) < 4.78 is 0. The molecule has 16 heavy (non-hydrogen) atoms. The van der Waals surface area contributed by atoms with Crippen molar-refractivity contribution < 1.29 is 14.7 Å². The van der Waals surface area contributed by atoms with Gasteiger partial charge in [-0.1, -0.05) is 13.3 Å². The number of carbonyl (C=O) groups excluding carboxylic acids is 1. The van der Waals surface area contributed by atoms with Crippen molar-refractivity contribution in [3.05, 3.63) is 0 Å². The summed E-state index contributed by atoms with van der Waals surface area (Å²) in [6.45, 7) is 5.72. The van der Waals surface area contributed by atoms with Crippen molar-refractivity contribution in [2.45, 2.75) is 39.2 Å². The summed E-state index contributed by atoms with van der Waals surface area (Å²) in [5.41, 5.74) is -1.18. The van der Waals surface area contributed by atoms with E-state index >= 15 is 0 Å². The molecule has 2 amide bonds. The fourth-order valence-corrected chi connectivity index (χ4v) is 1.13. The van der Waals surface area contributed by atoms with Gasteiger partial charge in [-0.25, -0.2) is 9.59 Å². The number of urea groups is 1. The van der Waals surface area contributed by atoms with Crippen molar-refractivity contribution in [1.82, 2.24) is 9.80 Å². The number of carboxylic acids is 1. The monoisotopic (exact) mass is 230 g/mol. The molecule has 5 heteroatoms. The highest BCUT2D eigenvalue weighted by atomic mass is 16.4. The fraction of sp³-hybridized carbons (Fsp3) is 0.818. The van der Waals surface area contributed by atoms with E-state index in [1.165, 1.54) is 25.8 Å². The van der Waals surface area contributed by atoms with Crippen molar-refractivity contribution >= 4 is 12.0 Å². The highest BCUT2D eigenvalue weighted by Crippen LogP contribution is 2.14. The second-order valence-corrected chi connectivity index (χ2v) is 4.48. The van der Waals surface area contributed by atoms with Gasteiger partial charge in [-0.15, -0.1) is 0 Å². The van der Waals surface area contributed by atoms with Crippen LogP contribution in [0.3, 0.4) is 0 Å². The van der Waals surface area contributed by atoms with E-state index in [4.69, 9.17) is 5.11 Å². The van der Waals surface area contributed by atoms with Crippen LogP contribution in [0.5, 0.6) is 0 Å². The molecule has 0 saturated heterocycles. The lowest BCUT2D eigenvalue weighted by Gasteiger charge is -2.34. The Morgan fingerprint density at radius 3 is 2.12 bits per heavy atom. The molecule has 0 radical (unpaired) electrons. The molecular weight excluding hydrogens is 208 g/mol. The van der Waals surface area contributed by atoms with Gasteiger partial charge in [-0.3, -0.25) is 0 Å². The molecule has 0 heterocycles. The minimum atomic E-state index is -1.18. The predicted octanol–water partition coefficient (Wildman–Crippen LogP) is 1.63. The predicted molar refractivity (Wildman–Crippen MR) is 62.4 cm³/mol. The molecule has 1 N–H and O–H groups in total. The van der Waals surface area contributed by atoms with Gasteiger partial charge in [-0.05, 0) is 20.3 Å². The van der Waals surface area contributed by atoms with Gasteiger partial charge in [0.1, 0.15) is 5.54 Å². The molecule has 0 unspecified atom stereocenters. The van der Waals surface area contributed by atoms with Crippen molar-refractivity contribution in [3.8, 4) is 0 Å². The molecule has 0 bridgehead atoms. The first-order chi connectivity index (χ1) is 7.25. The molecule has 94 valence electrons. The first-order valence-electron chi connectivity index (χ1n) is 5.47. The molecular formula is C11H22N2O3. The van der Waals surface area contributed by atoms with Gasteiger partial charge >= 0.3 is 12.0 Å². The van der Waals surface area contributed by atoms with Crippen LogP contribution < -0.4 is 0 Å². The summed E-state index contributed by atoms with van der Waals surface area (Å²) in [6, 6.07) is -0.263. The zero-order valence-corrected chi connectivity index (χ0v) is 10.8. The Bertz CT molecular complexity index is 264. The van der Waals surface area contributed by atoms with Gasteiger partial charge in [0.2, 0.25) is 0 Å². The van der Waals surface area contributed by atoms with Crippen LogP contribution in [0.1, 0.15) is 33.6 Å². The van der Waals surface area contributed by atoms with E-state index in [-0.39, 0.29) is 6.03 Å². The van der Waals surface area contributed by atoms with E-state index in [1.807, 2.05) is 6.92 Å². The minimum absolute atomic E-state index is 0.263. The van der Waals surface area contributed by atoms with Crippen LogP contribution in [0.4, 0.5) is 4.79 Å². The fourth-order valence-electron chi connectivity index (χ4n) is 1.13. The molecule has 0 aliphatic heterocycles. The Morgan fingerprint density at radius 2 is 1.75 bits per heavy atom. The third-order valence-electron chi connectivity index (χ3n) is 2.82. The molecule has 0 aliphatic carbocycles. The average Bonchev–Trinajstić information content (AvgIpc) is 2.23. The summed E-state index contributed by atoms with van der Waals surface area (Å²) >= 11 is 0. The van der Waals surface area contributed by atoms with E-state index in [0.717, 1.165) is 12.8 Å². The van der Waals surface area contributed by atoms with E-state index in [2.05, 4.69) is 0 Å². The van der Waals surface area contributed by atoms with E-state index < -0.39 is 11.5 Å². The van der Waals surface area contributed by atoms with Crippen molar-refractivity contribution in [1.29, 1.82) is 0 Å². The zero-order chi connectivity index (χ0) is 12.9. The van der Waals surface area contributed by atoms with Crippen LogP contribution in [0.15, 0.2) is 0 Å². The van der Waals surface area contributed by atoms with Gasteiger partial charge in [-0.2, -0.15) is 0 Å². The van der Waals surface area contributed by atoms with Gasteiger partial charge in [0.25, 0.3) is 0 Å². The van der Waals surface area contributed by atoms with Crippen LogP contribution in [-0.2, 0) is 4.79 Å². The third-order valence-corrected chi connectivity index (χ3v) is 2.82. The van der Waals surface area contributed by atoms with Crippen LogP contribution in [-0.4, -0.2) is 53.1 Å². The maximum Gasteiger partial charge on any atom is 0.329 e. The Balaban J connectivity index is 4.54. The van der Waals surface area contributed by atoms with Crippen LogP contribution in [0.2, 0.25) is 0 Å². The second-order valence-electron chi connectivity index (χ2n) is 4.48. The Labute approximate surface area is 97.0 Å². The average molecular weight is 230 g/mol. The summed E-state index contributed by atoms with van der Waals surface area (Å²) in [7, 11) is 3.20. The number of nitrogens with zero attached hydrogens (tertiary/aromatic N) is 2. The van der Waals surface area contributed by atoms with Crippen molar-refractivity contribution in [2.75, 3.05) is 20.6 Å². The van der Waals surface area contributed by atoms with Crippen molar-refractivity contribution in [2.24, 2.45) is 0 Å². The number of unbranched alkanes of at least 4 members (excludes halogenated alkanes) is 1. The molecule has 0 atom stereocenters. The maximum atomic E-state index is 11.9. The van der Waals surface area contributed by atoms with E-state index in [1.54, 1.807) is 11.9 Å². The third kappa shape index (κ3) is 3.40. The van der Waals surface area contributed by atoms with Crippen LogP contribution in [0.25, 0.3) is 0 Å². The van der Waals surface area contributed by atoms with Gasteiger partial charge in [0, 0.05) is 20.6 Å². The second kappa shape index (κ2) is 5.72. The number of hydrogen-bond donors (Lipinski definition) is 1. The van der Waals surface area contributed by atoms with E-state index in [0.29, 0.717) is 6.54 Å². The lowest BCUT2D eigenvalue weighted by Crippen LogP contribution is -2.54. The largest absolute Gasteiger partial charge is 0.480 e. The lowest BCUT2D eigenvalue weighted by atomic mass is 10.0. The van der Waals surface area contributed by atoms with Crippen LogP contribution >= 0.6 is 0 Å². The first-order valence-corrected chi connectivity index (χ1v) is 5.47. The topological polar surface area (TPSA) is 60.9 Å². The minimum Gasteiger partial charge on any atom is -0.480 e. The normalized spacial score (nSPS) is 11.1. The summed E-state index contributed by atoms with van der Waals surface area (Å²) in [4.78, 5) is 25.7. The molecule has 5 nitrogen and oxygen atoms in total. The molecule has 0 saturated carbocycles. The van der Waals surface area contributed by atoms with Gasteiger partial charge < -0.3 is 14.9 Å². The van der Waals surface area contributed by atoms with Crippen LogP contribution in [0, 0.1) is 0 Å². The summed E-state index contributed by atoms with van der Waals surface area (Å²) in [6.07, 6.45) is 1.92. The molecule has 0 fully saturated rings. The number of hydrogen-bond acceptors (Lipinski definition) is 2. The molecule has 0 aromatic rings. The Kier molecular flexibility index (Phi) is 5.27. The highest BCUT2D eigenvalue weighted by molar-refractivity contribution is 5.85. The highest BCUT2D eigenvalue weighted by Gasteiger charge is 2.36. The van der Waals surface area contributed by atoms with Gasteiger partial charge in [0.15, 0.2) is 0 Å². The number of aliphatic carboxylic acids is 1. The quantitative estimate of drug-likeness (QED) is 0.781. The smallest absolute Gasteiger partial charge is 0.329 e. The molecule has 0 aliphatic rings. The summed E-state index contributed by atoms with van der Waals surface area (Å²) in [5.74, 6) is -1.01. The number of amides is 2. The SMILES string of the molecule is CCCCN(C)C(=O)N(C)C(C)(C)C(=O)O. The number of carbonyl (C=O) groups is 2. The van der Waals surface area contributed by atoms with Gasteiger partial charge in [0.05, 0.1) is 0 Å². The maximum absolute atomic E-state index is 11.9. The zero-order valence-electron chi connectivity index (χ0n) is 10.8. The standard InChI is InChI=1S/C11H22N2O3/c1-6-7-8-12(4)10(16)13(5)11(2,3)9(14)15/h6-8H2,1-5H3,(H,14,15). The molecule has 0 aromatic carbocycles. The number of carboxylic acid groups (broad SMARTS) is 1. The summed E-state index contributed by atoms with van der Waals surface area (Å²) in [5, 5.41) is 9.01. The van der Waals surface area contributed by atoms with Crippen molar-refractivity contribution in [3.63, 3.8) is 0 Å². The Morgan fingerprint density at radius 1 is 1.25 bits per heavy atom. The molecule has 0 aromatic heterocycles. The van der Waals surface area contributed by atoms with E-state index in [9.17, 15) is 9.59 Å². The molecule has 0 spiro atoms. The number of rotatable bonds is 5. The Hall–Kier alpha value is -1.26. The molecule has 0 rings (SSSR count).